The van der Waals surface area contributed by atoms with E-state index in [9.17, 15) is 14.9 Å². The van der Waals surface area contributed by atoms with Gasteiger partial charge in [0.05, 0.1) is 11.5 Å². The lowest BCUT2D eigenvalue weighted by Crippen LogP contribution is -2.27. The molecule has 0 aliphatic carbocycles. The topological polar surface area (TPSA) is 110 Å². The van der Waals surface area contributed by atoms with Crippen LogP contribution in [0.25, 0.3) is 0 Å². The fourth-order valence-corrected chi connectivity index (χ4v) is 1.32. The molecule has 0 saturated heterocycles. The van der Waals surface area contributed by atoms with E-state index in [1.54, 1.807) is 6.92 Å². The van der Waals surface area contributed by atoms with Crippen molar-refractivity contribution >= 4 is 11.6 Å². The summed E-state index contributed by atoms with van der Waals surface area (Å²) in [6, 6.07) is 0. The number of amides is 1. The number of H-pyrrole nitrogens is 1. The molecule has 1 aromatic heterocycles. The quantitative estimate of drug-likeness (QED) is 0.422. The lowest BCUT2D eigenvalue weighted by atomic mass is 10.2. The van der Waals surface area contributed by atoms with Crippen molar-refractivity contribution in [3.05, 3.63) is 21.5 Å². The van der Waals surface area contributed by atoms with Gasteiger partial charge in [-0.1, -0.05) is 6.92 Å². The van der Waals surface area contributed by atoms with E-state index in [1.807, 2.05) is 0 Å². The van der Waals surface area contributed by atoms with Gasteiger partial charge in [0.25, 0.3) is 5.91 Å². The third kappa shape index (κ3) is 3.00. The molecule has 0 saturated carbocycles. The van der Waals surface area contributed by atoms with E-state index >= 15 is 0 Å². The molecule has 8 heteroatoms. The monoisotopic (exact) mass is 242 g/mol. The summed E-state index contributed by atoms with van der Waals surface area (Å²) in [5.41, 5.74) is -0.114. The van der Waals surface area contributed by atoms with E-state index in [2.05, 4.69) is 15.5 Å². The summed E-state index contributed by atoms with van der Waals surface area (Å²) >= 11 is 0. The van der Waals surface area contributed by atoms with Crippen molar-refractivity contribution < 1.29 is 14.5 Å². The third-order valence-corrected chi connectivity index (χ3v) is 2.16. The van der Waals surface area contributed by atoms with Crippen molar-refractivity contribution in [3.63, 3.8) is 0 Å². The van der Waals surface area contributed by atoms with E-state index in [-0.39, 0.29) is 17.9 Å². The fourth-order valence-electron chi connectivity index (χ4n) is 1.32. The van der Waals surface area contributed by atoms with Gasteiger partial charge in [-0.15, -0.1) is 0 Å². The summed E-state index contributed by atoms with van der Waals surface area (Å²) in [6.45, 7) is 2.36. The number of carbonyl (C=O) groups excluding carboxylic acids is 1. The van der Waals surface area contributed by atoms with Crippen LogP contribution in [0.3, 0.4) is 0 Å². The Labute approximate surface area is 97.5 Å². The summed E-state index contributed by atoms with van der Waals surface area (Å²) in [5, 5.41) is 19.5. The van der Waals surface area contributed by atoms with Gasteiger partial charge >= 0.3 is 5.69 Å². The Hall–Kier alpha value is -1.96. The number of aryl methyl sites for hydroxylation is 1. The molecule has 1 heterocycles. The van der Waals surface area contributed by atoms with Crippen molar-refractivity contribution in [2.24, 2.45) is 0 Å². The highest BCUT2D eigenvalue weighted by molar-refractivity contribution is 5.96. The number of methoxy groups -OCH3 is 1. The zero-order chi connectivity index (χ0) is 12.8. The largest absolute Gasteiger partial charge is 0.383 e. The first-order valence-corrected chi connectivity index (χ1v) is 5.10. The van der Waals surface area contributed by atoms with Crippen LogP contribution < -0.4 is 5.32 Å². The summed E-state index contributed by atoms with van der Waals surface area (Å²) in [5.74, 6) is -0.579. The molecule has 0 aliphatic rings. The van der Waals surface area contributed by atoms with Gasteiger partial charge in [-0.25, -0.2) is 0 Å². The SMILES string of the molecule is CCc1[nH]nc(C(=O)NCCOC)c1[N+](=O)[O-]. The van der Waals surface area contributed by atoms with Gasteiger partial charge in [0, 0.05) is 13.7 Å². The van der Waals surface area contributed by atoms with E-state index in [0.29, 0.717) is 18.7 Å². The molecule has 0 aliphatic heterocycles. The molecule has 1 amide bonds. The molecular formula is C9H14N4O4. The molecule has 0 spiro atoms. The van der Waals surface area contributed by atoms with Crippen molar-refractivity contribution in [3.8, 4) is 0 Å². The second kappa shape index (κ2) is 5.94. The second-order valence-electron chi connectivity index (χ2n) is 3.26. The molecule has 1 aromatic rings. The molecule has 0 aromatic carbocycles. The lowest BCUT2D eigenvalue weighted by molar-refractivity contribution is -0.385. The first-order valence-electron chi connectivity index (χ1n) is 5.10. The average Bonchev–Trinajstić information content (AvgIpc) is 2.72. The zero-order valence-corrected chi connectivity index (χ0v) is 9.65. The fraction of sp³-hybridized carbons (Fsp3) is 0.556. The van der Waals surface area contributed by atoms with Gasteiger partial charge < -0.3 is 10.1 Å². The first-order chi connectivity index (χ1) is 8.11. The molecular weight excluding hydrogens is 228 g/mol. The number of nitrogens with one attached hydrogen (secondary N) is 2. The van der Waals surface area contributed by atoms with Crippen molar-refractivity contribution in [2.75, 3.05) is 20.3 Å². The van der Waals surface area contributed by atoms with E-state index in [4.69, 9.17) is 4.74 Å². The van der Waals surface area contributed by atoms with Crippen LogP contribution in [0.2, 0.25) is 0 Å². The van der Waals surface area contributed by atoms with Gasteiger partial charge in [0.1, 0.15) is 5.69 Å². The molecule has 0 atom stereocenters. The number of ether oxygens (including phenoxy) is 1. The number of nitrogens with zero attached hydrogens (tertiary/aromatic N) is 2. The van der Waals surface area contributed by atoms with E-state index in [1.165, 1.54) is 7.11 Å². The molecule has 0 radical (unpaired) electrons. The molecule has 17 heavy (non-hydrogen) atoms. The minimum absolute atomic E-state index is 0.192. The highest BCUT2D eigenvalue weighted by Gasteiger charge is 2.27. The second-order valence-corrected chi connectivity index (χ2v) is 3.26. The Balaban J connectivity index is 2.86. The number of hydrogen-bond donors (Lipinski definition) is 2. The summed E-state index contributed by atoms with van der Waals surface area (Å²) in [4.78, 5) is 21.9. The standard InChI is InChI=1S/C9H14N4O4/c1-3-6-8(13(15)16)7(12-11-6)9(14)10-4-5-17-2/h3-5H2,1-2H3,(H,10,14)(H,11,12). The number of carbonyl (C=O) groups is 1. The number of nitro groups is 1. The molecule has 8 nitrogen and oxygen atoms in total. The minimum atomic E-state index is -0.604. The zero-order valence-electron chi connectivity index (χ0n) is 9.65. The van der Waals surface area contributed by atoms with Crippen molar-refractivity contribution in [1.82, 2.24) is 15.5 Å². The van der Waals surface area contributed by atoms with Crippen LogP contribution in [0.15, 0.2) is 0 Å². The van der Waals surface area contributed by atoms with Crippen LogP contribution in [0.1, 0.15) is 23.1 Å². The average molecular weight is 242 g/mol. The first kappa shape index (κ1) is 13.1. The minimum Gasteiger partial charge on any atom is -0.383 e. The van der Waals surface area contributed by atoms with Crippen LogP contribution in [0.5, 0.6) is 0 Å². The van der Waals surface area contributed by atoms with Crippen LogP contribution in [0.4, 0.5) is 5.69 Å². The Morgan fingerprint density at radius 2 is 2.35 bits per heavy atom. The van der Waals surface area contributed by atoms with Gasteiger partial charge in [0.2, 0.25) is 5.69 Å². The van der Waals surface area contributed by atoms with Crippen LogP contribution in [-0.2, 0) is 11.2 Å². The molecule has 94 valence electrons. The van der Waals surface area contributed by atoms with Crippen LogP contribution >= 0.6 is 0 Å². The van der Waals surface area contributed by atoms with Crippen molar-refractivity contribution in [2.45, 2.75) is 13.3 Å². The predicted octanol–water partition coefficient (Wildman–Crippen LogP) is 0.256. The number of aromatic nitrogens is 2. The third-order valence-electron chi connectivity index (χ3n) is 2.16. The number of hydrogen-bond acceptors (Lipinski definition) is 5. The maximum Gasteiger partial charge on any atom is 0.322 e. The maximum absolute atomic E-state index is 11.6. The number of rotatable bonds is 6. The van der Waals surface area contributed by atoms with Gasteiger partial charge in [-0.3, -0.25) is 20.0 Å². The summed E-state index contributed by atoms with van der Waals surface area (Å²) < 4.78 is 4.76. The highest BCUT2D eigenvalue weighted by atomic mass is 16.6. The Morgan fingerprint density at radius 1 is 1.65 bits per heavy atom. The highest BCUT2D eigenvalue weighted by Crippen LogP contribution is 2.21. The van der Waals surface area contributed by atoms with Gasteiger partial charge in [-0.05, 0) is 6.42 Å². The molecule has 2 N–H and O–H groups in total. The molecule has 1 rings (SSSR count). The van der Waals surface area contributed by atoms with Crippen molar-refractivity contribution in [1.29, 1.82) is 0 Å². The van der Waals surface area contributed by atoms with E-state index in [0.717, 1.165) is 0 Å². The Kier molecular flexibility index (Phi) is 4.58. The van der Waals surface area contributed by atoms with E-state index < -0.39 is 10.8 Å². The summed E-state index contributed by atoms with van der Waals surface area (Å²) in [6.07, 6.45) is 0.411. The number of aromatic amines is 1. The maximum atomic E-state index is 11.6. The van der Waals surface area contributed by atoms with Gasteiger partial charge in [-0.2, -0.15) is 5.10 Å². The smallest absolute Gasteiger partial charge is 0.322 e. The normalized spacial score (nSPS) is 10.2. The predicted molar refractivity (Wildman–Crippen MR) is 58.8 cm³/mol. The Bertz CT molecular complexity index is 415. The summed E-state index contributed by atoms with van der Waals surface area (Å²) in [7, 11) is 1.50. The van der Waals surface area contributed by atoms with Crippen LogP contribution in [0, 0.1) is 10.1 Å². The van der Waals surface area contributed by atoms with Crippen LogP contribution in [-0.4, -0.2) is 41.3 Å². The molecule has 0 unspecified atom stereocenters. The lowest BCUT2D eigenvalue weighted by Gasteiger charge is -2.01. The molecule has 0 fully saturated rings. The Morgan fingerprint density at radius 3 is 2.88 bits per heavy atom. The van der Waals surface area contributed by atoms with Gasteiger partial charge in [0.15, 0.2) is 0 Å². The molecule has 0 bridgehead atoms.